The molecular formula is C24H23ClN4O3. The number of carbonyl (C=O) groups excluding carboxylic acids is 2. The molecule has 3 N–H and O–H groups in total. The number of hydrogen-bond acceptors (Lipinski definition) is 3. The van der Waals surface area contributed by atoms with Gasteiger partial charge in [-0.1, -0.05) is 17.7 Å². The third-order valence-electron chi connectivity index (χ3n) is 5.48. The van der Waals surface area contributed by atoms with Crippen molar-refractivity contribution in [2.24, 2.45) is 0 Å². The lowest BCUT2D eigenvalue weighted by Crippen LogP contribution is -2.49. The van der Waals surface area contributed by atoms with Gasteiger partial charge >= 0.3 is 6.03 Å². The number of nitrogens with one attached hydrogen (secondary N) is 3. The van der Waals surface area contributed by atoms with Crippen molar-refractivity contribution < 1.29 is 9.59 Å². The molecule has 0 saturated heterocycles. The van der Waals surface area contributed by atoms with Gasteiger partial charge in [0.25, 0.3) is 11.5 Å². The summed E-state index contributed by atoms with van der Waals surface area (Å²) < 4.78 is 1.51. The average molecular weight is 451 g/mol. The molecule has 3 aromatic rings. The molecule has 164 valence electrons. The van der Waals surface area contributed by atoms with Crippen LogP contribution in [0, 0.1) is 0 Å². The Balaban J connectivity index is 1.36. The molecule has 2 atom stereocenters. The van der Waals surface area contributed by atoms with Crippen LogP contribution in [-0.4, -0.2) is 28.6 Å². The number of rotatable bonds is 5. The molecule has 8 heteroatoms. The van der Waals surface area contributed by atoms with E-state index in [0.717, 1.165) is 19.3 Å². The molecular weight excluding hydrogens is 428 g/mol. The zero-order valence-corrected chi connectivity index (χ0v) is 18.0. The molecule has 2 aromatic carbocycles. The Kier molecular flexibility index (Phi) is 6.56. The van der Waals surface area contributed by atoms with Gasteiger partial charge in [-0.25, -0.2) is 4.79 Å². The minimum Gasteiger partial charge on any atom is -0.347 e. The van der Waals surface area contributed by atoms with Crippen molar-refractivity contribution in [1.29, 1.82) is 0 Å². The van der Waals surface area contributed by atoms with Crippen LogP contribution in [0.1, 0.15) is 29.6 Å². The first-order chi connectivity index (χ1) is 15.5. The molecule has 1 heterocycles. The number of aromatic nitrogens is 1. The summed E-state index contributed by atoms with van der Waals surface area (Å²) >= 11 is 5.87. The van der Waals surface area contributed by atoms with Crippen LogP contribution in [0.5, 0.6) is 0 Å². The Morgan fingerprint density at radius 1 is 0.875 bits per heavy atom. The van der Waals surface area contributed by atoms with Crippen molar-refractivity contribution in [2.75, 3.05) is 5.32 Å². The number of urea groups is 1. The minimum atomic E-state index is -0.323. The molecule has 0 aliphatic heterocycles. The first-order valence-corrected chi connectivity index (χ1v) is 10.8. The molecule has 0 radical (unpaired) electrons. The Morgan fingerprint density at radius 3 is 2.25 bits per heavy atom. The number of carbonyl (C=O) groups is 2. The highest BCUT2D eigenvalue weighted by molar-refractivity contribution is 6.30. The topological polar surface area (TPSA) is 92.2 Å². The second-order valence-electron chi connectivity index (χ2n) is 7.68. The van der Waals surface area contributed by atoms with E-state index in [-0.39, 0.29) is 29.6 Å². The molecule has 1 aromatic heterocycles. The highest BCUT2D eigenvalue weighted by atomic mass is 35.5. The lowest BCUT2D eigenvalue weighted by Gasteiger charge is -2.22. The molecule has 1 aliphatic rings. The highest BCUT2D eigenvalue weighted by Crippen LogP contribution is 2.20. The number of pyridine rings is 1. The van der Waals surface area contributed by atoms with E-state index >= 15 is 0 Å². The Morgan fingerprint density at radius 2 is 1.56 bits per heavy atom. The van der Waals surface area contributed by atoms with Gasteiger partial charge in [-0.15, -0.1) is 0 Å². The molecule has 0 bridgehead atoms. The van der Waals surface area contributed by atoms with Crippen molar-refractivity contribution in [2.45, 2.75) is 31.3 Å². The van der Waals surface area contributed by atoms with Crippen molar-refractivity contribution in [1.82, 2.24) is 15.2 Å². The fourth-order valence-corrected chi connectivity index (χ4v) is 3.97. The second kappa shape index (κ2) is 9.70. The first-order valence-electron chi connectivity index (χ1n) is 10.4. The summed E-state index contributed by atoms with van der Waals surface area (Å²) in [4.78, 5) is 37.1. The number of nitrogens with zero attached hydrogens (tertiary/aromatic N) is 1. The lowest BCUT2D eigenvalue weighted by molar-refractivity contribution is 0.0932. The van der Waals surface area contributed by atoms with Gasteiger partial charge in [-0.05, 0) is 73.9 Å². The number of benzene rings is 2. The summed E-state index contributed by atoms with van der Waals surface area (Å²) in [5.74, 6) is -0.214. The van der Waals surface area contributed by atoms with E-state index in [1.807, 2.05) is 0 Å². The Labute approximate surface area is 190 Å². The third-order valence-corrected chi connectivity index (χ3v) is 5.73. The van der Waals surface area contributed by atoms with Crippen LogP contribution in [0.3, 0.4) is 0 Å². The van der Waals surface area contributed by atoms with Crippen LogP contribution in [-0.2, 0) is 0 Å². The van der Waals surface area contributed by atoms with E-state index in [1.165, 1.54) is 10.6 Å². The van der Waals surface area contributed by atoms with Crippen LogP contribution in [0.2, 0.25) is 5.02 Å². The number of halogens is 1. The molecule has 32 heavy (non-hydrogen) atoms. The van der Waals surface area contributed by atoms with E-state index in [0.29, 0.717) is 22.0 Å². The molecule has 0 unspecified atom stereocenters. The van der Waals surface area contributed by atoms with Crippen molar-refractivity contribution in [3.63, 3.8) is 0 Å². The fraction of sp³-hybridized carbons (Fsp3) is 0.208. The monoisotopic (exact) mass is 450 g/mol. The Hall–Kier alpha value is -3.58. The van der Waals surface area contributed by atoms with Gasteiger partial charge in [0.1, 0.15) is 0 Å². The summed E-state index contributed by atoms with van der Waals surface area (Å²) in [6.07, 6.45) is 4.16. The van der Waals surface area contributed by atoms with E-state index in [1.54, 1.807) is 66.9 Å². The largest absolute Gasteiger partial charge is 0.347 e. The molecule has 3 amide bonds. The lowest BCUT2D eigenvalue weighted by atomic mass is 10.1. The zero-order chi connectivity index (χ0) is 22.5. The van der Waals surface area contributed by atoms with Crippen molar-refractivity contribution in [3.05, 3.63) is 93.9 Å². The molecule has 1 aliphatic carbocycles. The second-order valence-corrected chi connectivity index (χ2v) is 8.11. The van der Waals surface area contributed by atoms with Crippen LogP contribution < -0.4 is 21.5 Å². The van der Waals surface area contributed by atoms with Crippen molar-refractivity contribution >= 4 is 29.2 Å². The van der Waals surface area contributed by atoms with Gasteiger partial charge in [-0.3, -0.25) is 14.2 Å². The number of anilines is 1. The molecule has 1 fully saturated rings. The predicted molar refractivity (Wildman–Crippen MR) is 125 cm³/mol. The molecule has 4 rings (SSSR count). The smallest absolute Gasteiger partial charge is 0.319 e. The quantitative estimate of drug-likeness (QED) is 0.549. The SMILES string of the molecule is O=C(Nc1ccc(Cl)cc1)N[C@@H]1CCC[C@@H]1NC(=O)c1ccc(-n2ccccc2=O)cc1. The summed E-state index contributed by atoms with van der Waals surface area (Å²) in [7, 11) is 0. The maximum absolute atomic E-state index is 12.7. The summed E-state index contributed by atoms with van der Waals surface area (Å²) in [5.41, 5.74) is 1.69. The predicted octanol–water partition coefficient (Wildman–Crippen LogP) is 3.96. The van der Waals surface area contributed by atoms with E-state index in [2.05, 4.69) is 16.0 Å². The van der Waals surface area contributed by atoms with Crippen LogP contribution in [0.4, 0.5) is 10.5 Å². The van der Waals surface area contributed by atoms with Crippen LogP contribution in [0.15, 0.2) is 77.7 Å². The normalized spacial score (nSPS) is 17.5. The van der Waals surface area contributed by atoms with Crippen LogP contribution >= 0.6 is 11.6 Å². The average Bonchev–Trinajstić information content (AvgIpc) is 3.22. The van der Waals surface area contributed by atoms with Gasteiger partial charge < -0.3 is 16.0 Å². The van der Waals surface area contributed by atoms with E-state index in [9.17, 15) is 14.4 Å². The number of hydrogen-bond donors (Lipinski definition) is 3. The maximum Gasteiger partial charge on any atom is 0.319 e. The van der Waals surface area contributed by atoms with Crippen LogP contribution in [0.25, 0.3) is 5.69 Å². The van der Waals surface area contributed by atoms with Gasteiger partial charge in [0.05, 0.1) is 6.04 Å². The molecule has 0 spiro atoms. The summed E-state index contributed by atoms with van der Waals surface area (Å²) in [6, 6.07) is 18.0. The summed E-state index contributed by atoms with van der Waals surface area (Å²) in [6.45, 7) is 0. The first kappa shape index (κ1) is 21.6. The Bertz CT molecular complexity index is 1160. The van der Waals surface area contributed by atoms with Gasteiger partial charge in [0.15, 0.2) is 0 Å². The zero-order valence-electron chi connectivity index (χ0n) is 17.3. The van der Waals surface area contributed by atoms with E-state index in [4.69, 9.17) is 11.6 Å². The standard InChI is InChI=1S/C24H23ClN4O3/c25-17-9-11-18(12-10-17)26-24(32)28-21-5-3-4-20(21)27-23(31)16-7-13-19(14-8-16)29-15-2-1-6-22(29)30/h1-2,6-15,20-21H,3-5H2,(H,27,31)(H2,26,28,32)/t20-,21+/m0/s1. The molecule has 1 saturated carbocycles. The van der Waals surface area contributed by atoms with Gasteiger partial charge in [0, 0.05) is 40.3 Å². The van der Waals surface area contributed by atoms with E-state index < -0.39 is 0 Å². The number of amides is 3. The minimum absolute atomic E-state index is 0.138. The maximum atomic E-state index is 12.7. The fourth-order valence-electron chi connectivity index (χ4n) is 3.84. The third kappa shape index (κ3) is 5.18. The van der Waals surface area contributed by atoms with Crippen molar-refractivity contribution in [3.8, 4) is 5.69 Å². The van der Waals surface area contributed by atoms with Gasteiger partial charge in [0.2, 0.25) is 0 Å². The highest BCUT2D eigenvalue weighted by Gasteiger charge is 2.30. The van der Waals surface area contributed by atoms with Gasteiger partial charge in [-0.2, -0.15) is 0 Å². The summed E-state index contributed by atoms with van der Waals surface area (Å²) in [5, 5.41) is 9.35. The molecule has 7 nitrogen and oxygen atoms in total.